The van der Waals surface area contributed by atoms with Crippen LogP contribution in [0.15, 0.2) is 41.2 Å². The average molecular weight is 584 g/mol. The van der Waals surface area contributed by atoms with Gasteiger partial charge in [-0.2, -0.15) is 0 Å². The van der Waals surface area contributed by atoms with Gasteiger partial charge in [0.1, 0.15) is 22.8 Å². The highest BCUT2D eigenvalue weighted by Crippen LogP contribution is 2.55. The van der Waals surface area contributed by atoms with Crippen LogP contribution in [0.2, 0.25) is 0 Å². The van der Waals surface area contributed by atoms with E-state index in [0.717, 1.165) is 12.1 Å². The van der Waals surface area contributed by atoms with Gasteiger partial charge in [-0.3, -0.25) is 19.3 Å². The quantitative estimate of drug-likeness (QED) is 0.342. The van der Waals surface area contributed by atoms with Crippen LogP contribution in [0.25, 0.3) is 16.9 Å². The molecule has 1 saturated carbocycles. The highest BCUT2D eigenvalue weighted by molar-refractivity contribution is 6.25. The molecule has 12 heteroatoms. The number of amides is 1. The summed E-state index contributed by atoms with van der Waals surface area (Å²) in [6.07, 6.45) is 0.0760. The number of aromatic hydroxyl groups is 1. The van der Waals surface area contributed by atoms with Crippen LogP contribution < -0.4 is 10.2 Å². The summed E-state index contributed by atoms with van der Waals surface area (Å²) in [5.41, 5.74) is -2.73. The van der Waals surface area contributed by atoms with Crippen LogP contribution in [0.4, 0.5) is 14.5 Å². The summed E-state index contributed by atoms with van der Waals surface area (Å²) < 4.78 is 27.8. The molecule has 1 amide bonds. The van der Waals surface area contributed by atoms with Crippen molar-refractivity contribution in [1.29, 1.82) is 0 Å². The summed E-state index contributed by atoms with van der Waals surface area (Å²) in [5, 5.41) is 48.2. The zero-order valence-electron chi connectivity index (χ0n) is 23.6. The lowest BCUT2D eigenvalue weighted by Gasteiger charge is -2.50. The molecule has 42 heavy (non-hydrogen) atoms. The first-order chi connectivity index (χ1) is 19.7. The van der Waals surface area contributed by atoms with E-state index < -0.39 is 75.4 Å². The largest absolute Gasteiger partial charge is 0.508 e. The Bertz CT molecular complexity index is 1630. The van der Waals surface area contributed by atoms with Gasteiger partial charge in [-0.15, -0.1) is 0 Å². The summed E-state index contributed by atoms with van der Waals surface area (Å²) in [6.45, 7) is 0. The molecule has 222 valence electrons. The number of anilines is 1. The second-order valence-electron chi connectivity index (χ2n) is 11.3. The number of rotatable bonds is 4. The number of nitrogens with zero attached hydrogens (tertiary/aromatic N) is 2. The van der Waals surface area contributed by atoms with Crippen LogP contribution in [-0.4, -0.2) is 89.7 Å². The van der Waals surface area contributed by atoms with Crippen LogP contribution in [-0.2, 0) is 20.8 Å². The molecule has 5 rings (SSSR count). The molecule has 0 spiro atoms. The number of aliphatic hydroxyl groups excluding tert-OH is 2. The number of Topliss-reactive ketones (excluding diaryl/α,β-unsaturated/α-hetero) is 2. The number of halogens is 2. The Balaban J connectivity index is 1.77. The Hall–Kier alpha value is -4.29. The van der Waals surface area contributed by atoms with Crippen LogP contribution >= 0.6 is 0 Å². The van der Waals surface area contributed by atoms with Gasteiger partial charge in [0.15, 0.2) is 23.0 Å². The molecule has 3 aliphatic carbocycles. The Morgan fingerprint density at radius 3 is 2.29 bits per heavy atom. The van der Waals surface area contributed by atoms with E-state index in [2.05, 4.69) is 5.32 Å². The number of hydrogen-bond acceptors (Lipinski definition) is 9. The molecule has 3 aliphatic rings. The van der Waals surface area contributed by atoms with Crippen molar-refractivity contribution in [1.82, 2.24) is 10.2 Å². The lowest BCUT2D eigenvalue weighted by atomic mass is 9.57. The number of carbonyl (C=O) groups is 3. The Morgan fingerprint density at radius 2 is 1.71 bits per heavy atom. The smallest absolute Gasteiger partial charge is 0.258 e. The molecule has 10 nitrogen and oxygen atoms in total. The number of nitrogens with one attached hydrogen (secondary N) is 1. The van der Waals surface area contributed by atoms with Crippen LogP contribution in [0, 0.1) is 23.5 Å². The standard InChI is InChI=1S/C30H31F2N3O7/c1-33-29(41)22-26(38)23(35(4)5)16-9-13-8-15-19(34(2)3)11-14(12-6-7-17(31)18(32)10-12)24(36)21(15)25(37)20(13)27(39)30(16,42)28(22)40/h6-7,10-11,13,16,23,36-37,40,42H,8-9H2,1-5H3,(H,33,41). The third-order valence-electron chi connectivity index (χ3n) is 8.62. The molecule has 0 heterocycles. The van der Waals surface area contributed by atoms with Crippen molar-refractivity contribution in [2.24, 2.45) is 11.8 Å². The van der Waals surface area contributed by atoms with Crippen molar-refractivity contribution in [3.05, 3.63) is 63.9 Å². The summed E-state index contributed by atoms with van der Waals surface area (Å²) in [6, 6.07) is 3.48. The van der Waals surface area contributed by atoms with Crippen molar-refractivity contribution in [3.63, 3.8) is 0 Å². The summed E-state index contributed by atoms with van der Waals surface area (Å²) >= 11 is 0. The lowest BCUT2D eigenvalue weighted by molar-refractivity contribution is -0.153. The van der Waals surface area contributed by atoms with Gasteiger partial charge in [-0.05, 0) is 62.2 Å². The van der Waals surface area contributed by atoms with E-state index in [1.165, 1.54) is 18.0 Å². The SMILES string of the molecule is CNC(=O)C1=C(O)C2(O)C(=O)C3=C(O)c4c(O)c(-c5ccc(F)c(F)c5)cc(N(C)C)c4CC3CC2C(N(C)C)C1=O. The van der Waals surface area contributed by atoms with Crippen LogP contribution in [0.5, 0.6) is 5.75 Å². The molecule has 0 saturated heterocycles. The fourth-order valence-electron chi connectivity index (χ4n) is 6.68. The van der Waals surface area contributed by atoms with Crippen molar-refractivity contribution in [2.45, 2.75) is 24.5 Å². The van der Waals surface area contributed by atoms with E-state index in [9.17, 15) is 43.6 Å². The van der Waals surface area contributed by atoms with Gasteiger partial charge in [0.05, 0.1) is 11.6 Å². The van der Waals surface area contributed by atoms with E-state index in [1.807, 2.05) is 0 Å². The fraction of sp³-hybridized carbons (Fsp3) is 0.367. The maximum Gasteiger partial charge on any atom is 0.258 e. The zero-order chi connectivity index (χ0) is 31.0. The summed E-state index contributed by atoms with van der Waals surface area (Å²) in [4.78, 5) is 43.3. The Labute approximate surface area is 240 Å². The maximum absolute atomic E-state index is 14.1. The molecule has 0 aromatic heterocycles. The number of benzene rings is 2. The minimum absolute atomic E-state index is 0.0285. The monoisotopic (exact) mass is 583 g/mol. The van der Waals surface area contributed by atoms with E-state index in [1.54, 1.807) is 39.2 Å². The Morgan fingerprint density at radius 1 is 1.05 bits per heavy atom. The van der Waals surface area contributed by atoms with Gasteiger partial charge in [-0.25, -0.2) is 8.78 Å². The number of ketones is 2. The molecular formula is C30H31F2N3O7. The molecule has 0 bridgehead atoms. The number of fused-ring (bicyclic) bond motifs is 3. The fourth-order valence-corrected chi connectivity index (χ4v) is 6.68. The molecule has 1 fully saturated rings. The molecule has 2 aromatic carbocycles. The number of phenols is 1. The number of carbonyl (C=O) groups excluding carboxylic acids is 3. The van der Waals surface area contributed by atoms with Gasteiger partial charge in [-0.1, -0.05) is 6.07 Å². The maximum atomic E-state index is 14.1. The third kappa shape index (κ3) is 3.92. The summed E-state index contributed by atoms with van der Waals surface area (Å²) in [5.74, 6) is -9.22. The number of phenolic OH excluding ortho intramolecular Hbond substituents is 1. The normalized spacial score (nSPS) is 25.3. The molecule has 0 aliphatic heterocycles. The first-order valence-electron chi connectivity index (χ1n) is 13.2. The van der Waals surface area contributed by atoms with Gasteiger partial charge < -0.3 is 30.6 Å². The highest BCUT2D eigenvalue weighted by Gasteiger charge is 2.64. The van der Waals surface area contributed by atoms with Gasteiger partial charge >= 0.3 is 0 Å². The molecule has 4 atom stereocenters. The minimum Gasteiger partial charge on any atom is -0.508 e. The van der Waals surface area contributed by atoms with E-state index in [4.69, 9.17) is 0 Å². The molecule has 5 N–H and O–H groups in total. The van der Waals surface area contributed by atoms with Crippen LogP contribution in [0.1, 0.15) is 17.5 Å². The number of likely N-dealkylation sites (N-methyl/N-ethyl adjacent to an activating group) is 2. The van der Waals surface area contributed by atoms with Gasteiger partial charge in [0, 0.05) is 43.9 Å². The van der Waals surface area contributed by atoms with Gasteiger partial charge in [0.25, 0.3) is 5.91 Å². The third-order valence-corrected chi connectivity index (χ3v) is 8.62. The predicted molar refractivity (Wildman–Crippen MR) is 149 cm³/mol. The molecule has 4 unspecified atom stereocenters. The second-order valence-corrected chi connectivity index (χ2v) is 11.3. The first kappa shape index (κ1) is 29.2. The van der Waals surface area contributed by atoms with E-state index in [-0.39, 0.29) is 35.1 Å². The molecule has 2 aromatic rings. The lowest BCUT2D eigenvalue weighted by Crippen LogP contribution is -2.65. The van der Waals surface area contributed by atoms with Crippen molar-refractivity contribution < 1.29 is 43.6 Å². The molecule has 0 radical (unpaired) electrons. The number of aliphatic hydroxyl groups is 3. The topological polar surface area (TPSA) is 151 Å². The number of hydrogen-bond donors (Lipinski definition) is 5. The average Bonchev–Trinajstić information content (AvgIpc) is 2.92. The van der Waals surface area contributed by atoms with Crippen LogP contribution in [0.3, 0.4) is 0 Å². The highest BCUT2D eigenvalue weighted by atomic mass is 19.2. The van der Waals surface area contributed by atoms with E-state index >= 15 is 0 Å². The second kappa shape index (κ2) is 9.92. The summed E-state index contributed by atoms with van der Waals surface area (Å²) in [7, 11) is 7.77. The van der Waals surface area contributed by atoms with Crippen molar-refractivity contribution >= 4 is 28.9 Å². The minimum atomic E-state index is -2.72. The zero-order valence-corrected chi connectivity index (χ0v) is 23.6. The first-order valence-corrected chi connectivity index (χ1v) is 13.2. The van der Waals surface area contributed by atoms with E-state index in [0.29, 0.717) is 11.3 Å². The molecular weight excluding hydrogens is 552 g/mol. The van der Waals surface area contributed by atoms with Crippen molar-refractivity contribution in [2.75, 3.05) is 40.1 Å². The predicted octanol–water partition coefficient (Wildman–Crippen LogP) is 2.24. The van der Waals surface area contributed by atoms with Gasteiger partial charge in [0.2, 0.25) is 5.78 Å². The Kier molecular flexibility index (Phi) is 6.90. The van der Waals surface area contributed by atoms with Crippen molar-refractivity contribution in [3.8, 4) is 16.9 Å².